The molecule has 0 unspecified atom stereocenters. The highest BCUT2D eigenvalue weighted by atomic mass is 35.5. The maximum atomic E-state index is 13.0. The minimum absolute atomic E-state index is 0.00381. The number of benzene rings is 1. The second-order valence-electron chi connectivity index (χ2n) is 8.20. The Morgan fingerprint density at radius 1 is 1.09 bits per heavy atom. The Hall–Kier alpha value is -2.87. The molecule has 0 aliphatic carbocycles. The van der Waals surface area contributed by atoms with Crippen LogP contribution < -0.4 is 10.2 Å². The predicted molar refractivity (Wildman–Crippen MR) is 131 cm³/mol. The highest BCUT2D eigenvalue weighted by Crippen LogP contribution is 2.26. The van der Waals surface area contributed by atoms with E-state index in [9.17, 15) is 9.59 Å². The zero-order chi connectivity index (χ0) is 23.8. The maximum Gasteiger partial charge on any atom is 0.318 e. The Kier molecular flexibility index (Phi) is 8.88. The van der Waals surface area contributed by atoms with E-state index in [2.05, 4.69) is 20.4 Å². The van der Waals surface area contributed by atoms with Gasteiger partial charge in [0.05, 0.1) is 10.7 Å². The number of anilines is 1. The minimum atomic E-state index is -0.189. The summed E-state index contributed by atoms with van der Waals surface area (Å²) in [5.74, 6) is 0.757. The number of hydrogen-bond donors (Lipinski definition) is 1. The first-order valence-corrected chi connectivity index (χ1v) is 12.0. The summed E-state index contributed by atoms with van der Waals surface area (Å²) < 4.78 is 0. The van der Waals surface area contributed by atoms with E-state index in [4.69, 9.17) is 11.6 Å². The number of urea groups is 1. The number of hydrogen-bond acceptors (Lipinski definition) is 5. The van der Waals surface area contributed by atoms with E-state index >= 15 is 0 Å². The number of amides is 3. The molecule has 3 amide bonds. The van der Waals surface area contributed by atoms with Crippen molar-refractivity contribution in [2.45, 2.75) is 39.7 Å². The molecule has 178 valence electrons. The van der Waals surface area contributed by atoms with Gasteiger partial charge in [-0.25, -0.2) is 4.79 Å². The number of halogens is 1. The van der Waals surface area contributed by atoms with Gasteiger partial charge >= 0.3 is 6.03 Å². The summed E-state index contributed by atoms with van der Waals surface area (Å²) in [6, 6.07) is 11.2. The second-order valence-corrected chi connectivity index (χ2v) is 8.61. The molecule has 1 aromatic heterocycles. The number of carbonyl (C=O) groups is 2. The monoisotopic (exact) mass is 472 g/mol. The van der Waals surface area contributed by atoms with Crippen LogP contribution in [0, 0.1) is 0 Å². The molecule has 8 nitrogen and oxygen atoms in total. The lowest BCUT2D eigenvalue weighted by Crippen LogP contribution is -2.50. The van der Waals surface area contributed by atoms with Crippen molar-refractivity contribution in [2.24, 2.45) is 0 Å². The molecule has 1 fully saturated rings. The van der Waals surface area contributed by atoms with E-state index in [1.54, 1.807) is 4.90 Å². The first-order valence-electron chi connectivity index (χ1n) is 11.6. The lowest BCUT2D eigenvalue weighted by Gasteiger charge is -2.30. The van der Waals surface area contributed by atoms with E-state index in [-0.39, 0.29) is 24.5 Å². The predicted octanol–water partition coefficient (Wildman–Crippen LogP) is 3.67. The summed E-state index contributed by atoms with van der Waals surface area (Å²) in [4.78, 5) is 31.1. The van der Waals surface area contributed by atoms with Crippen LogP contribution in [0.2, 0.25) is 5.02 Å². The van der Waals surface area contributed by atoms with Crippen LogP contribution in [0.4, 0.5) is 10.6 Å². The Morgan fingerprint density at radius 3 is 2.55 bits per heavy atom. The zero-order valence-electron chi connectivity index (χ0n) is 19.6. The highest BCUT2D eigenvalue weighted by Gasteiger charge is 2.26. The van der Waals surface area contributed by atoms with Crippen LogP contribution in [0.5, 0.6) is 0 Å². The fraction of sp³-hybridized carbons (Fsp3) is 0.500. The quantitative estimate of drug-likeness (QED) is 0.665. The van der Waals surface area contributed by atoms with Gasteiger partial charge in [0.25, 0.3) is 0 Å². The molecule has 0 bridgehead atoms. The summed E-state index contributed by atoms with van der Waals surface area (Å²) in [5, 5.41) is 12.2. The van der Waals surface area contributed by atoms with Crippen molar-refractivity contribution in [3.63, 3.8) is 0 Å². The number of nitrogens with zero attached hydrogens (tertiary/aromatic N) is 5. The third kappa shape index (κ3) is 6.35. The van der Waals surface area contributed by atoms with Gasteiger partial charge in [0.15, 0.2) is 5.82 Å². The van der Waals surface area contributed by atoms with Crippen LogP contribution in [0.15, 0.2) is 36.4 Å². The molecule has 1 saturated heterocycles. The van der Waals surface area contributed by atoms with Crippen molar-refractivity contribution in [1.82, 2.24) is 25.3 Å². The molecule has 1 aliphatic heterocycles. The van der Waals surface area contributed by atoms with E-state index in [0.29, 0.717) is 31.2 Å². The summed E-state index contributed by atoms with van der Waals surface area (Å²) >= 11 is 6.27. The van der Waals surface area contributed by atoms with Crippen molar-refractivity contribution in [1.29, 1.82) is 0 Å². The van der Waals surface area contributed by atoms with Crippen molar-refractivity contribution in [3.8, 4) is 11.3 Å². The van der Waals surface area contributed by atoms with Gasteiger partial charge in [-0.3, -0.25) is 4.79 Å². The number of rotatable bonds is 7. The Balaban J connectivity index is 1.62. The van der Waals surface area contributed by atoms with Gasteiger partial charge in [0.1, 0.15) is 6.54 Å². The molecule has 1 aliphatic rings. The third-order valence-electron chi connectivity index (χ3n) is 5.99. The number of aromatic nitrogens is 2. The highest BCUT2D eigenvalue weighted by molar-refractivity contribution is 6.33. The normalized spacial score (nSPS) is 15.0. The van der Waals surface area contributed by atoms with Gasteiger partial charge < -0.3 is 20.0 Å². The molecule has 0 radical (unpaired) electrons. The Bertz CT molecular complexity index is 939. The molecular weight excluding hydrogens is 440 g/mol. The first-order chi connectivity index (χ1) is 15.9. The lowest BCUT2D eigenvalue weighted by molar-refractivity contribution is -0.132. The van der Waals surface area contributed by atoms with Crippen LogP contribution in [0.3, 0.4) is 0 Å². The van der Waals surface area contributed by atoms with Crippen molar-refractivity contribution >= 4 is 29.4 Å². The van der Waals surface area contributed by atoms with Gasteiger partial charge in [-0.1, -0.05) is 36.7 Å². The van der Waals surface area contributed by atoms with E-state index in [1.807, 2.05) is 62.1 Å². The van der Waals surface area contributed by atoms with Crippen LogP contribution in [-0.4, -0.2) is 77.2 Å². The van der Waals surface area contributed by atoms with Crippen molar-refractivity contribution in [2.75, 3.05) is 44.2 Å². The average Bonchev–Trinajstić information content (AvgIpc) is 3.09. The first kappa shape index (κ1) is 24.8. The van der Waals surface area contributed by atoms with Gasteiger partial charge in [0, 0.05) is 44.3 Å². The third-order valence-corrected chi connectivity index (χ3v) is 6.32. The molecule has 1 atom stereocenters. The largest absolute Gasteiger partial charge is 0.353 e. The molecule has 0 saturated carbocycles. The van der Waals surface area contributed by atoms with Crippen LogP contribution in [0.1, 0.15) is 33.6 Å². The molecule has 2 heterocycles. The van der Waals surface area contributed by atoms with Gasteiger partial charge in [-0.2, -0.15) is 0 Å². The van der Waals surface area contributed by atoms with Crippen molar-refractivity contribution in [3.05, 3.63) is 41.4 Å². The fourth-order valence-corrected chi connectivity index (χ4v) is 4.08. The van der Waals surface area contributed by atoms with Crippen LogP contribution in [0.25, 0.3) is 11.3 Å². The smallest absolute Gasteiger partial charge is 0.318 e. The minimum Gasteiger partial charge on any atom is -0.353 e. The molecule has 0 spiro atoms. The summed E-state index contributed by atoms with van der Waals surface area (Å²) in [7, 11) is 0. The van der Waals surface area contributed by atoms with Gasteiger partial charge in [-0.05, 0) is 44.9 Å². The SMILES string of the molecule is CCNC(=O)N(CC(=O)N1CCCN(c2ccc(-c3ccccc3Cl)nn2)CC1)[C@@H](C)CC. The molecule has 33 heavy (non-hydrogen) atoms. The molecule has 2 aromatic rings. The number of nitrogens with one attached hydrogen (secondary N) is 1. The second kappa shape index (κ2) is 11.8. The number of carbonyl (C=O) groups excluding carboxylic acids is 2. The molecular formula is C24H33ClN6O2. The molecule has 9 heteroatoms. The molecule has 3 rings (SSSR count). The van der Waals surface area contributed by atoms with Crippen LogP contribution in [-0.2, 0) is 4.79 Å². The average molecular weight is 473 g/mol. The lowest BCUT2D eigenvalue weighted by atomic mass is 10.1. The van der Waals surface area contributed by atoms with Gasteiger partial charge in [0.2, 0.25) is 5.91 Å². The van der Waals surface area contributed by atoms with E-state index in [0.717, 1.165) is 36.5 Å². The fourth-order valence-electron chi connectivity index (χ4n) is 3.85. The van der Waals surface area contributed by atoms with Crippen LogP contribution >= 0.6 is 11.6 Å². The van der Waals surface area contributed by atoms with Gasteiger partial charge in [-0.15, -0.1) is 10.2 Å². The maximum absolute atomic E-state index is 13.0. The van der Waals surface area contributed by atoms with Crippen molar-refractivity contribution < 1.29 is 9.59 Å². The topological polar surface area (TPSA) is 81.7 Å². The zero-order valence-corrected chi connectivity index (χ0v) is 20.4. The molecule has 1 aromatic carbocycles. The Morgan fingerprint density at radius 2 is 1.88 bits per heavy atom. The van der Waals surface area contributed by atoms with E-state index < -0.39 is 0 Å². The summed E-state index contributed by atoms with van der Waals surface area (Å²) in [5.41, 5.74) is 1.58. The standard InChI is InChI=1S/C24H33ClN6O2/c1-4-18(3)31(24(33)26-5-2)17-23(32)30-14-8-13-29(15-16-30)22-12-11-21(27-28-22)19-9-6-7-10-20(19)25/h6-7,9-12,18H,4-5,8,13-17H2,1-3H3,(H,26,33)/t18-/m0/s1. The summed E-state index contributed by atoms with van der Waals surface area (Å²) in [6.45, 7) is 9.18. The Labute approximate surface area is 200 Å². The molecule has 1 N–H and O–H groups in total. The summed E-state index contributed by atoms with van der Waals surface area (Å²) in [6.07, 6.45) is 1.62. The van der Waals surface area contributed by atoms with E-state index in [1.165, 1.54) is 0 Å².